The third kappa shape index (κ3) is 7.32. The van der Waals surface area contributed by atoms with Gasteiger partial charge in [-0.15, -0.1) is 0 Å². The van der Waals surface area contributed by atoms with E-state index in [1.807, 2.05) is 18.2 Å². The van der Waals surface area contributed by atoms with E-state index in [9.17, 15) is 14.7 Å². The monoisotopic (exact) mass is 420 g/mol. The number of aromatic nitrogens is 1. The molecule has 0 radical (unpaired) electrons. The van der Waals surface area contributed by atoms with Crippen LogP contribution in [0.3, 0.4) is 0 Å². The molecule has 3 heterocycles. The number of aliphatic hydroxyl groups is 1. The minimum atomic E-state index is -0.429. The summed E-state index contributed by atoms with van der Waals surface area (Å²) >= 11 is 0. The van der Waals surface area contributed by atoms with E-state index in [-0.39, 0.29) is 37.0 Å². The topological polar surface area (TPSA) is 113 Å². The van der Waals surface area contributed by atoms with Gasteiger partial charge in [-0.25, -0.2) is 0 Å². The van der Waals surface area contributed by atoms with E-state index in [1.165, 1.54) is 0 Å². The minimum absolute atomic E-state index is 0.0512. The molecule has 9 nitrogen and oxygen atoms in total. The average molecular weight is 421 g/mol. The lowest BCUT2D eigenvalue weighted by atomic mass is 9.97. The summed E-state index contributed by atoms with van der Waals surface area (Å²) in [6, 6.07) is 5.30. The molecular weight excluding hydrogens is 388 g/mol. The van der Waals surface area contributed by atoms with E-state index in [4.69, 9.17) is 9.47 Å². The highest BCUT2D eigenvalue weighted by Crippen LogP contribution is 2.21. The van der Waals surface area contributed by atoms with Crippen LogP contribution in [0.4, 0.5) is 0 Å². The van der Waals surface area contributed by atoms with E-state index in [1.54, 1.807) is 6.20 Å². The van der Waals surface area contributed by atoms with Gasteiger partial charge < -0.3 is 25.2 Å². The van der Waals surface area contributed by atoms with Crippen molar-refractivity contribution in [1.82, 2.24) is 20.5 Å². The molecule has 2 fully saturated rings. The largest absolute Gasteiger partial charge is 0.394 e. The van der Waals surface area contributed by atoms with Gasteiger partial charge in [-0.05, 0) is 31.4 Å². The fourth-order valence-electron chi connectivity index (χ4n) is 3.83. The number of nitrogens with zero attached hydrogens (tertiary/aromatic N) is 2. The van der Waals surface area contributed by atoms with Crippen LogP contribution in [0.1, 0.15) is 25.0 Å². The highest BCUT2D eigenvalue weighted by Gasteiger charge is 2.32. The van der Waals surface area contributed by atoms with Crippen LogP contribution in [-0.4, -0.2) is 91.1 Å². The summed E-state index contributed by atoms with van der Waals surface area (Å²) in [4.78, 5) is 30.6. The zero-order valence-corrected chi connectivity index (χ0v) is 17.3. The minimum Gasteiger partial charge on any atom is -0.394 e. The van der Waals surface area contributed by atoms with Gasteiger partial charge >= 0.3 is 0 Å². The second-order valence-corrected chi connectivity index (χ2v) is 7.76. The van der Waals surface area contributed by atoms with Gasteiger partial charge in [-0.1, -0.05) is 6.07 Å². The van der Waals surface area contributed by atoms with E-state index in [0.29, 0.717) is 32.7 Å². The van der Waals surface area contributed by atoms with Crippen molar-refractivity contribution in [3.63, 3.8) is 0 Å². The summed E-state index contributed by atoms with van der Waals surface area (Å²) in [5.41, 5.74) is 0.736. The maximum Gasteiger partial charge on any atom is 0.234 e. The molecule has 0 aliphatic carbocycles. The van der Waals surface area contributed by atoms with Crippen molar-refractivity contribution in [2.75, 3.05) is 46.0 Å². The molecule has 166 valence electrons. The zero-order valence-electron chi connectivity index (χ0n) is 17.3. The second kappa shape index (κ2) is 11.9. The fraction of sp³-hybridized carbons (Fsp3) is 0.667. The summed E-state index contributed by atoms with van der Waals surface area (Å²) in [6.07, 6.45) is 3.62. The van der Waals surface area contributed by atoms with Crippen molar-refractivity contribution in [3.8, 4) is 0 Å². The summed E-state index contributed by atoms with van der Waals surface area (Å²) in [7, 11) is 0. The Morgan fingerprint density at radius 3 is 2.77 bits per heavy atom. The molecular formula is C21H32N4O5. The molecule has 0 aromatic carbocycles. The molecule has 2 amide bonds. The maximum absolute atomic E-state index is 12.3. The van der Waals surface area contributed by atoms with Crippen molar-refractivity contribution < 1.29 is 24.2 Å². The quantitative estimate of drug-likeness (QED) is 0.493. The predicted octanol–water partition coefficient (Wildman–Crippen LogP) is -0.513. The predicted molar refractivity (Wildman–Crippen MR) is 110 cm³/mol. The van der Waals surface area contributed by atoms with Gasteiger partial charge in [0.2, 0.25) is 11.8 Å². The van der Waals surface area contributed by atoms with Crippen molar-refractivity contribution in [3.05, 3.63) is 30.1 Å². The Balaban J connectivity index is 1.35. The normalized spacial score (nSPS) is 24.9. The first-order chi connectivity index (χ1) is 14.6. The highest BCUT2D eigenvalue weighted by atomic mass is 16.5. The number of ether oxygens (including phenoxy) is 2. The second-order valence-electron chi connectivity index (χ2n) is 7.76. The van der Waals surface area contributed by atoms with Gasteiger partial charge in [0.05, 0.1) is 44.9 Å². The number of amides is 2. The molecule has 1 aromatic heterocycles. The van der Waals surface area contributed by atoms with E-state index < -0.39 is 6.10 Å². The maximum atomic E-state index is 12.3. The third-order valence-corrected chi connectivity index (χ3v) is 5.47. The molecule has 3 N–H and O–H groups in total. The number of pyridine rings is 1. The summed E-state index contributed by atoms with van der Waals surface area (Å²) in [6.45, 7) is 3.51. The summed E-state index contributed by atoms with van der Waals surface area (Å²) in [5, 5.41) is 15.6. The fourth-order valence-corrected chi connectivity index (χ4v) is 3.83. The zero-order chi connectivity index (χ0) is 21.2. The Kier molecular flexibility index (Phi) is 9.00. The Bertz CT molecular complexity index is 669. The molecule has 3 rings (SSSR count). The van der Waals surface area contributed by atoms with Crippen molar-refractivity contribution >= 4 is 11.8 Å². The average Bonchev–Trinajstić information content (AvgIpc) is 2.76. The van der Waals surface area contributed by atoms with Gasteiger partial charge in [-0.3, -0.25) is 19.5 Å². The first-order valence-electron chi connectivity index (χ1n) is 10.7. The Morgan fingerprint density at radius 2 is 2.03 bits per heavy atom. The lowest BCUT2D eigenvalue weighted by Crippen LogP contribution is -2.53. The molecule has 2 aliphatic rings. The van der Waals surface area contributed by atoms with Gasteiger partial charge in [0.1, 0.15) is 6.10 Å². The van der Waals surface area contributed by atoms with Gasteiger partial charge in [0.15, 0.2) is 0 Å². The smallest absolute Gasteiger partial charge is 0.234 e. The van der Waals surface area contributed by atoms with Crippen LogP contribution < -0.4 is 10.6 Å². The lowest BCUT2D eigenvalue weighted by molar-refractivity contribution is -0.130. The number of aliphatic hydroxyl groups excluding tert-OH is 1. The van der Waals surface area contributed by atoms with Crippen LogP contribution in [-0.2, 0) is 25.5 Å². The third-order valence-electron chi connectivity index (χ3n) is 5.47. The number of carbonyl (C=O) groups is 2. The van der Waals surface area contributed by atoms with E-state index in [0.717, 1.165) is 31.6 Å². The highest BCUT2D eigenvalue weighted by molar-refractivity contribution is 5.78. The number of carbonyl (C=O) groups excluding carboxylic acids is 2. The Hall–Kier alpha value is -2.07. The number of morpholine rings is 1. The molecule has 1 aromatic rings. The number of rotatable bonds is 9. The molecule has 0 bridgehead atoms. The van der Waals surface area contributed by atoms with Crippen molar-refractivity contribution in [2.24, 2.45) is 0 Å². The molecule has 3 atom stereocenters. The van der Waals surface area contributed by atoms with Crippen LogP contribution in [0.25, 0.3) is 0 Å². The Labute approximate surface area is 177 Å². The molecule has 0 spiro atoms. The molecule has 2 saturated heterocycles. The van der Waals surface area contributed by atoms with Crippen LogP contribution >= 0.6 is 0 Å². The van der Waals surface area contributed by atoms with E-state index in [2.05, 4.69) is 20.5 Å². The van der Waals surface area contributed by atoms with Crippen molar-refractivity contribution in [1.29, 1.82) is 0 Å². The molecule has 0 unspecified atom stereocenters. The molecule has 2 aliphatic heterocycles. The van der Waals surface area contributed by atoms with Crippen LogP contribution in [0.15, 0.2) is 24.4 Å². The molecule has 30 heavy (non-hydrogen) atoms. The summed E-state index contributed by atoms with van der Waals surface area (Å²) in [5.74, 6) is -0.124. The summed E-state index contributed by atoms with van der Waals surface area (Å²) < 4.78 is 11.3. The SMILES string of the molecule is O=C(Cc1ccccn1)NCC[C@H]1CC[C@H](NC(=O)CN2CCOCC2)[C@@H](CO)O1. The van der Waals surface area contributed by atoms with Crippen molar-refractivity contribution in [2.45, 2.75) is 43.9 Å². The van der Waals surface area contributed by atoms with E-state index >= 15 is 0 Å². The lowest BCUT2D eigenvalue weighted by Gasteiger charge is -2.36. The standard InChI is InChI=1S/C21H32N4O5/c26-15-19-18(24-21(28)14-25-9-11-29-12-10-25)5-4-17(30-19)6-8-23-20(27)13-16-3-1-2-7-22-16/h1-3,7,17-19,26H,4-6,8-15H2,(H,23,27)(H,24,28)/t17-,18+,19-/m1/s1. The van der Waals surface area contributed by atoms with Gasteiger partial charge in [-0.2, -0.15) is 0 Å². The Morgan fingerprint density at radius 1 is 1.20 bits per heavy atom. The number of hydrogen-bond acceptors (Lipinski definition) is 7. The van der Waals surface area contributed by atoms with Gasteiger partial charge in [0, 0.05) is 31.5 Å². The number of hydrogen-bond donors (Lipinski definition) is 3. The number of nitrogens with one attached hydrogen (secondary N) is 2. The first kappa shape index (κ1) is 22.6. The molecule has 0 saturated carbocycles. The van der Waals surface area contributed by atoms with Gasteiger partial charge in [0.25, 0.3) is 0 Å². The first-order valence-corrected chi connectivity index (χ1v) is 10.7. The molecule has 9 heteroatoms. The van der Waals surface area contributed by atoms with Crippen LogP contribution in [0.5, 0.6) is 0 Å². The van der Waals surface area contributed by atoms with Crippen LogP contribution in [0, 0.1) is 0 Å². The van der Waals surface area contributed by atoms with Crippen LogP contribution in [0.2, 0.25) is 0 Å².